The van der Waals surface area contributed by atoms with Crippen molar-refractivity contribution in [1.29, 1.82) is 0 Å². The summed E-state index contributed by atoms with van der Waals surface area (Å²) in [6.45, 7) is 11.9. The molecule has 0 saturated carbocycles. The fourth-order valence-corrected chi connectivity index (χ4v) is 12.6. The number of ether oxygens (including phenoxy) is 4. The lowest BCUT2D eigenvalue weighted by Gasteiger charge is -2.21. The Morgan fingerprint density at radius 1 is 0.315 bits per heavy atom. The summed E-state index contributed by atoms with van der Waals surface area (Å²) in [5.74, 6) is 0.199. The lowest BCUT2D eigenvalue weighted by atomic mass is 9.99. The van der Waals surface area contributed by atoms with E-state index in [1.54, 1.807) is 0 Å². The van der Waals surface area contributed by atoms with Crippen molar-refractivity contribution in [2.24, 2.45) is 17.8 Å². The van der Waals surface area contributed by atoms with Gasteiger partial charge in [-0.2, -0.15) is 0 Å². The van der Waals surface area contributed by atoms with Crippen LogP contribution in [0.4, 0.5) is 0 Å². The summed E-state index contributed by atoms with van der Waals surface area (Å²) in [6, 6.07) is 0. The van der Waals surface area contributed by atoms with Crippen molar-refractivity contribution in [2.45, 2.75) is 388 Å². The van der Waals surface area contributed by atoms with Crippen LogP contribution >= 0.6 is 15.6 Å². The zero-order valence-corrected chi connectivity index (χ0v) is 61.8. The third kappa shape index (κ3) is 65.4. The van der Waals surface area contributed by atoms with Crippen LogP contribution in [0, 0.1) is 17.8 Å². The number of carbonyl (C=O) groups excluding carboxylic acids is 4. The Balaban J connectivity index is 5.22. The van der Waals surface area contributed by atoms with Gasteiger partial charge in [0.15, 0.2) is 12.2 Å². The second-order valence-corrected chi connectivity index (χ2v) is 30.4. The average Bonchev–Trinajstić information content (AvgIpc) is 1.55. The lowest BCUT2D eigenvalue weighted by molar-refractivity contribution is -0.161. The molecule has 0 radical (unpaired) electrons. The first-order valence-corrected chi connectivity index (χ1v) is 40.9. The highest BCUT2D eigenvalue weighted by atomic mass is 31.2. The number of carbonyl (C=O) groups is 4. The molecule has 3 N–H and O–H groups in total. The molecule has 0 bridgehead atoms. The smallest absolute Gasteiger partial charge is 0.462 e. The predicted molar refractivity (Wildman–Crippen MR) is 372 cm³/mol. The second-order valence-electron chi connectivity index (χ2n) is 27.5. The van der Waals surface area contributed by atoms with Crippen LogP contribution in [-0.4, -0.2) is 96.7 Å². The highest BCUT2D eigenvalue weighted by Gasteiger charge is 2.30. The van der Waals surface area contributed by atoms with E-state index in [-0.39, 0.29) is 25.7 Å². The number of phosphoric ester groups is 2. The minimum absolute atomic E-state index is 0.103. The molecule has 0 heterocycles. The van der Waals surface area contributed by atoms with Crippen molar-refractivity contribution < 1.29 is 80.2 Å². The van der Waals surface area contributed by atoms with Gasteiger partial charge in [0.25, 0.3) is 0 Å². The molecule has 0 aliphatic carbocycles. The zero-order chi connectivity index (χ0) is 68.0. The summed E-state index contributed by atoms with van der Waals surface area (Å²) >= 11 is 0. The number of unbranched alkanes of at least 4 members (excludes halogenated alkanes) is 38. The first-order valence-electron chi connectivity index (χ1n) is 37.9. The Morgan fingerprint density at radius 3 is 0.826 bits per heavy atom. The van der Waals surface area contributed by atoms with Crippen molar-refractivity contribution in [2.75, 3.05) is 39.6 Å². The second kappa shape index (κ2) is 63.8. The SMILES string of the molecule is CCCCCCCCCCCC(=O)OC[C@H](COP(=O)(O)OC[C@H](O)COP(=O)(O)OC[C@@H](COC(=O)CCCCCCCCCCCCCCC(C)C)OC(=O)CCCCCCCCCCCCCCCCC(C)CC)OC(=O)CCCCCCCCCC(C)C. The molecular formula is C73H142O17P2. The quantitative estimate of drug-likeness (QED) is 0.0222. The van der Waals surface area contributed by atoms with Gasteiger partial charge >= 0.3 is 39.5 Å². The average molecular weight is 1350 g/mol. The maximum absolute atomic E-state index is 13.1. The van der Waals surface area contributed by atoms with Crippen LogP contribution in [0.2, 0.25) is 0 Å². The molecular weight excluding hydrogens is 1210 g/mol. The minimum atomic E-state index is -4.96. The fraction of sp³-hybridized carbons (Fsp3) is 0.945. The Morgan fingerprint density at radius 2 is 0.554 bits per heavy atom. The van der Waals surface area contributed by atoms with Crippen molar-refractivity contribution in [3.63, 3.8) is 0 Å². The van der Waals surface area contributed by atoms with Crippen LogP contribution in [0.3, 0.4) is 0 Å². The maximum atomic E-state index is 13.1. The van der Waals surface area contributed by atoms with Gasteiger partial charge in [0.05, 0.1) is 26.4 Å². The van der Waals surface area contributed by atoms with Gasteiger partial charge in [0.1, 0.15) is 19.3 Å². The number of aliphatic hydroxyl groups is 1. The molecule has 0 spiro atoms. The van der Waals surface area contributed by atoms with Crippen molar-refractivity contribution in [3.8, 4) is 0 Å². The Labute approximate surface area is 562 Å². The van der Waals surface area contributed by atoms with Gasteiger partial charge in [-0.05, 0) is 43.4 Å². The normalized spacial score (nSPS) is 14.4. The summed E-state index contributed by atoms with van der Waals surface area (Å²) in [5, 5.41) is 10.6. The number of hydrogen-bond donors (Lipinski definition) is 3. The van der Waals surface area contributed by atoms with E-state index in [0.717, 1.165) is 102 Å². The van der Waals surface area contributed by atoms with E-state index >= 15 is 0 Å². The summed E-state index contributed by atoms with van der Waals surface area (Å²) in [7, 11) is -9.90. The summed E-state index contributed by atoms with van der Waals surface area (Å²) in [4.78, 5) is 72.6. The molecule has 3 unspecified atom stereocenters. The standard InChI is InChI=1S/C73H142O17P2/c1-8-10-11-12-13-24-33-40-47-54-70(75)83-61-69(90-73(78)57-50-43-36-29-31-38-45-52-65(5)6)63-88-92(81,82)86-59-67(74)58-85-91(79,80)87-62-68(60-84-71(76)55-48-41-34-27-22-19-18-20-25-30-37-44-51-64(3)4)89-72(77)56-49-42-35-28-23-17-15-14-16-21-26-32-39-46-53-66(7)9-2/h64-69,74H,8-63H2,1-7H3,(H,79,80)(H,81,82)/t66?,67-,68-,69-/m1/s1. The molecule has 92 heavy (non-hydrogen) atoms. The van der Waals surface area contributed by atoms with Crippen molar-refractivity contribution in [3.05, 3.63) is 0 Å². The summed E-state index contributed by atoms with van der Waals surface area (Å²) in [6.07, 6.45) is 48.6. The van der Waals surface area contributed by atoms with E-state index in [1.807, 2.05) is 0 Å². The molecule has 0 aliphatic heterocycles. The molecule has 0 rings (SSSR count). The number of aliphatic hydroxyl groups excluding tert-OH is 1. The van der Waals surface area contributed by atoms with E-state index < -0.39 is 97.5 Å². The molecule has 0 aromatic rings. The fourth-order valence-electron chi connectivity index (χ4n) is 11.0. The zero-order valence-electron chi connectivity index (χ0n) is 60.0. The number of esters is 4. The summed E-state index contributed by atoms with van der Waals surface area (Å²) in [5.41, 5.74) is 0. The topological polar surface area (TPSA) is 237 Å². The highest BCUT2D eigenvalue weighted by molar-refractivity contribution is 7.47. The van der Waals surface area contributed by atoms with Crippen LogP contribution in [-0.2, 0) is 65.4 Å². The Hall–Kier alpha value is -1.94. The van der Waals surface area contributed by atoms with Crippen LogP contribution in [0.15, 0.2) is 0 Å². The van der Waals surface area contributed by atoms with E-state index in [2.05, 4.69) is 48.5 Å². The Kier molecular flexibility index (Phi) is 62.4. The maximum Gasteiger partial charge on any atom is 0.472 e. The van der Waals surface area contributed by atoms with Crippen molar-refractivity contribution in [1.82, 2.24) is 0 Å². The molecule has 0 fully saturated rings. The first kappa shape index (κ1) is 90.1. The highest BCUT2D eigenvalue weighted by Crippen LogP contribution is 2.45. The van der Waals surface area contributed by atoms with E-state index in [4.69, 9.17) is 37.0 Å². The van der Waals surface area contributed by atoms with Gasteiger partial charge < -0.3 is 33.8 Å². The Bertz CT molecular complexity index is 1800. The lowest BCUT2D eigenvalue weighted by Crippen LogP contribution is -2.30. The molecule has 0 aliphatic rings. The van der Waals surface area contributed by atoms with Gasteiger partial charge in [-0.1, -0.05) is 318 Å². The number of rotatable bonds is 71. The number of phosphoric acid groups is 2. The summed E-state index contributed by atoms with van der Waals surface area (Å²) < 4.78 is 68.3. The van der Waals surface area contributed by atoms with E-state index in [9.17, 15) is 43.2 Å². The number of hydrogen-bond acceptors (Lipinski definition) is 15. The molecule has 0 aromatic heterocycles. The van der Waals surface area contributed by atoms with Gasteiger partial charge in [-0.15, -0.1) is 0 Å². The van der Waals surface area contributed by atoms with Gasteiger partial charge in [0.2, 0.25) is 0 Å². The third-order valence-corrected chi connectivity index (χ3v) is 19.1. The van der Waals surface area contributed by atoms with Crippen LogP contribution in [0.1, 0.15) is 370 Å². The molecule has 0 amide bonds. The van der Waals surface area contributed by atoms with E-state index in [0.29, 0.717) is 31.6 Å². The van der Waals surface area contributed by atoms with Gasteiger partial charge in [0, 0.05) is 25.7 Å². The monoisotopic (exact) mass is 1350 g/mol. The predicted octanol–water partition coefficient (Wildman–Crippen LogP) is 21.0. The molecule has 0 aromatic carbocycles. The molecule has 0 saturated heterocycles. The first-order chi connectivity index (χ1) is 44.3. The molecule has 17 nitrogen and oxygen atoms in total. The van der Waals surface area contributed by atoms with Crippen LogP contribution in [0.25, 0.3) is 0 Å². The minimum Gasteiger partial charge on any atom is -0.462 e. The van der Waals surface area contributed by atoms with E-state index in [1.165, 1.54) is 180 Å². The van der Waals surface area contributed by atoms with Crippen molar-refractivity contribution >= 4 is 39.5 Å². The van der Waals surface area contributed by atoms with Crippen LogP contribution < -0.4 is 0 Å². The van der Waals surface area contributed by atoms with Gasteiger partial charge in [-0.25, -0.2) is 9.13 Å². The molecule has 19 heteroatoms. The van der Waals surface area contributed by atoms with Crippen LogP contribution in [0.5, 0.6) is 0 Å². The molecule has 6 atom stereocenters. The molecule has 546 valence electrons. The largest absolute Gasteiger partial charge is 0.472 e. The van der Waals surface area contributed by atoms with Gasteiger partial charge in [-0.3, -0.25) is 37.3 Å². The third-order valence-electron chi connectivity index (χ3n) is 17.2.